The van der Waals surface area contributed by atoms with E-state index in [2.05, 4.69) is 0 Å². The van der Waals surface area contributed by atoms with Gasteiger partial charge in [0.2, 0.25) is 0 Å². The summed E-state index contributed by atoms with van der Waals surface area (Å²) in [5.74, 6) is 1.51. The first-order valence-electron chi connectivity index (χ1n) is 8.45. The molecule has 0 aliphatic carbocycles. The highest BCUT2D eigenvalue weighted by Crippen LogP contribution is 2.40. The topological polar surface area (TPSA) is 68.2 Å². The summed E-state index contributed by atoms with van der Waals surface area (Å²) in [5.41, 5.74) is 2.84. The molecule has 0 bridgehead atoms. The number of hydrogen-bond donors (Lipinski definition) is 2. The van der Waals surface area contributed by atoms with Crippen LogP contribution in [0.15, 0.2) is 60.7 Å². The van der Waals surface area contributed by atoms with Crippen molar-refractivity contribution in [1.29, 1.82) is 0 Å². The highest BCUT2D eigenvalue weighted by Gasteiger charge is 2.20. The zero-order valence-corrected chi connectivity index (χ0v) is 15.5. The van der Waals surface area contributed by atoms with Gasteiger partial charge in [-0.15, -0.1) is 0 Å². The van der Waals surface area contributed by atoms with Gasteiger partial charge < -0.3 is 24.4 Å². The van der Waals surface area contributed by atoms with Crippen LogP contribution in [0.25, 0.3) is 0 Å². The molecule has 5 nitrogen and oxygen atoms in total. The van der Waals surface area contributed by atoms with Gasteiger partial charge in [0, 0.05) is 5.92 Å². The van der Waals surface area contributed by atoms with Crippen molar-refractivity contribution in [2.75, 3.05) is 21.3 Å². The maximum absolute atomic E-state index is 9.96. The molecule has 2 N–H and O–H groups in total. The Morgan fingerprint density at radius 2 is 1.15 bits per heavy atom. The van der Waals surface area contributed by atoms with Gasteiger partial charge in [-0.1, -0.05) is 24.3 Å². The average molecular weight is 366 g/mol. The molecule has 140 valence electrons. The Morgan fingerprint density at radius 1 is 0.630 bits per heavy atom. The van der Waals surface area contributed by atoms with E-state index < -0.39 is 0 Å². The van der Waals surface area contributed by atoms with Crippen molar-refractivity contribution < 1.29 is 24.4 Å². The largest absolute Gasteiger partial charge is 0.504 e. The minimum Gasteiger partial charge on any atom is -0.504 e. The van der Waals surface area contributed by atoms with Crippen molar-refractivity contribution in [2.45, 2.75) is 5.92 Å². The standard InChI is InChI=1S/C22H22O5/c1-25-17-6-4-5-14(11-17)22(15-7-9-18(23)20(12-15)26-2)16-8-10-19(24)21(13-16)27-3/h4-13,22-24H,1-3H3. The first-order chi connectivity index (χ1) is 13.1. The second kappa shape index (κ2) is 7.91. The number of phenolic OH excluding ortho intramolecular Hbond substituents is 2. The Hall–Kier alpha value is -3.34. The molecule has 0 amide bonds. The SMILES string of the molecule is COc1cccc(C(c2ccc(O)c(OC)c2)c2ccc(O)c(OC)c2)c1. The van der Waals surface area contributed by atoms with Crippen molar-refractivity contribution in [3.8, 4) is 28.7 Å². The molecule has 3 aromatic carbocycles. The van der Waals surface area contributed by atoms with Gasteiger partial charge in [-0.25, -0.2) is 0 Å². The van der Waals surface area contributed by atoms with Crippen LogP contribution >= 0.6 is 0 Å². The lowest BCUT2D eigenvalue weighted by atomic mass is 9.84. The second-order valence-corrected chi connectivity index (χ2v) is 6.07. The lowest BCUT2D eigenvalue weighted by Gasteiger charge is -2.21. The quantitative estimate of drug-likeness (QED) is 0.637. The first-order valence-corrected chi connectivity index (χ1v) is 8.45. The minimum absolute atomic E-state index is 0.0777. The first kappa shape index (κ1) is 18.5. The monoisotopic (exact) mass is 366 g/mol. The Balaban J connectivity index is 2.20. The lowest BCUT2D eigenvalue weighted by molar-refractivity contribution is 0.372. The molecule has 27 heavy (non-hydrogen) atoms. The molecule has 0 aromatic heterocycles. The van der Waals surface area contributed by atoms with E-state index in [1.807, 2.05) is 36.4 Å². The molecule has 0 saturated heterocycles. The number of aromatic hydroxyl groups is 2. The van der Waals surface area contributed by atoms with E-state index in [9.17, 15) is 10.2 Å². The van der Waals surface area contributed by atoms with Crippen LogP contribution in [0.1, 0.15) is 22.6 Å². The third kappa shape index (κ3) is 3.77. The Kier molecular flexibility index (Phi) is 5.41. The normalized spacial score (nSPS) is 10.7. The summed E-state index contributed by atoms with van der Waals surface area (Å²) < 4.78 is 15.9. The molecule has 3 rings (SSSR count). The summed E-state index contributed by atoms with van der Waals surface area (Å²) in [6.07, 6.45) is 0. The fraction of sp³-hybridized carbons (Fsp3) is 0.182. The van der Waals surface area contributed by atoms with Gasteiger partial charge in [0.05, 0.1) is 21.3 Å². The number of methoxy groups -OCH3 is 3. The molecular formula is C22H22O5. The summed E-state index contributed by atoms with van der Waals surface area (Å²) in [5, 5.41) is 19.9. The molecule has 3 aromatic rings. The summed E-state index contributed by atoms with van der Waals surface area (Å²) in [4.78, 5) is 0. The zero-order valence-electron chi connectivity index (χ0n) is 15.5. The number of phenols is 2. The number of ether oxygens (including phenoxy) is 3. The van der Waals surface area contributed by atoms with Crippen LogP contribution in [-0.4, -0.2) is 31.5 Å². The van der Waals surface area contributed by atoms with Gasteiger partial charge >= 0.3 is 0 Å². The van der Waals surface area contributed by atoms with Crippen LogP contribution in [0.5, 0.6) is 28.7 Å². The Morgan fingerprint density at radius 3 is 1.63 bits per heavy atom. The summed E-state index contributed by atoms with van der Waals surface area (Å²) in [6, 6.07) is 18.3. The van der Waals surface area contributed by atoms with Crippen molar-refractivity contribution in [3.63, 3.8) is 0 Å². The molecular weight excluding hydrogens is 344 g/mol. The maximum atomic E-state index is 9.96. The van der Waals surface area contributed by atoms with E-state index in [0.717, 1.165) is 22.4 Å². The van der Waals surface area contributed by atoms with Crippen LogP contribution in [0.4, 0.5) is 0 Å². The van der Waals surface area contributed by atoms with Crippen LogP contribution in [0, 0.1) is 0 Å². The van der Waals surface area contributed by atoms with E-state index in [1.165, 1.54) is 14.2 Å². The molecule has 0 atom stereocenters. The van der Waals surface area contributed by atoms with Gasteiger partial charge in [-0.3, -0.25) is 0 Å². The van der Waals surface area contributed by atoms with Crippen LogP contribution in [-0.2, 0) is 0 Å². The van der Waals surface area contributed by atoms with E-state index in [4.69, 9.17) is 14.2 Å². The van der Waals surface area contributed by atoms with Gasteiger partial charge in [-0.2, -0.15) is 0 Å². The highest BCUT2D eigenvalue weighted by atomic mass is 16.5. The zero-order chi connectivity index (χ0) is 19.4. The molecule has 0 heterocycles. The maximum Gasteiger partial charge on any atom is 0.160 e. The van der Waals surface area contributed by atoms with Crippen molar-refractivity contribution >= 4 is 0 Å². The van der Waals surface area contributed by atoms with Gasteiger partial charge in [0.1, 0.15) is 5.75 Å². The van der Waals surface area contributed by atoms with E-state index in [0.29, 0.717) is 11.5 Å². The van der Waals surface area contributed by atoms with E-state index in [1.54, 1.807) is 31.4 Å². The smallest absolute Gasteiger partial charge is 0.160 e. The fourth-order valence-corrected chi connectivity index (χ4v) is 3.15. The Bertz CT molecular complexity index is 882. The number of hydrogen-bond acceptors (Lipinski definition) is 5. The summed E-state index contributed by atoms with van der Waals surface area (Å²) >= 11 is 0. The molecule has 0 aliphatic heterocycles. The summed E-state index contributed by atoms with van der Waals surface area (Å²) in [7, 11) is 4.66. The average Bonchev–Trinajstić information content (AvgIpc) is 2.70. The minimum atomic E-state index is -0.177. The number of rotatable bonds is 6. The molecule has 0 fully saturated rings. The van der Waals surface area contributed by atoms with Crippen molar-refractivity contribution in [2.24, 2.45) is 0 Å². The van der Waals surface area contributed by atoms with Crippen molar-refractivity contribution in [3.05, 3.63) is 77.4 Å². The third-order valence-corrected chi connectivity index (χ3v) is 4.50. The van der Waals surface area contributed by atoms with Gasteiger partial charge in [0.15, 0.2) is 23.0 Å². The van der Waals surface area contributed by atoms with Crippen LogP contribution < -0.4 is 14.2 Å². The molecule has 5 heteroatoms. The second-order valence-electron chi connectivity index (χ2n) is 6.07. The molecule has 0 radical (unpaired) electrons. The Labute approximate surface area is 158 Å². The molecule has 0 spiro atoms. The van der Waals surface area contributed by atoms with E-state index in [-0.39, 0.29) is 17.4 Å². The predicted octanol–water partition coefficient (Wildman–Crippen LogP) is 4.30. The van der Waals surface area contributed by atoms with E-state index >= 15 is 0 Å². The van der Waals surface area contributed by atoms with Gasteiger partial charge in [0.25, 0.3) is 0 Å². The van der Waals surface area contributed by atoms with Crippen LogP contribution in [0.2, 0.25) is 0 Å². The van der Waals surface area contributed by atoms with Crippen molar-refractivity contribution in [1.82, 2.24) is 0 Å². The molecule has 0 unspecified atom stereocenters. The van der Waals surface area contributed by atoms with Gasteiger partial charge in [-0.05, 0) is 53.1 Å². The fourth-order valence-electron chi connectivity index (χ4n) is 3.15. The molecule has 0 saturated carbocycles. The molecule has 0 aliphatic rings. The predicted molar refractivity (Wildman–Crippen MR) is 103 cm³/mol. The third-order valence-electron chi connectivity index (χ3n) is 4.50. The van der Waals surface area contributed by atoms with Crippen LogP contribution in [0.3, 0.4) is 0 Å². The summed E-state index contributed by atoms with van der Waals surface area (Å²) in [6.45, 7) is 0. The highest BCUT2D eigenvalue weighted by molar-refractivity contribution is 5.53. The lowest BCUT2D eigenvalue weighted by Crippen LogP contribution is -2.05. The number of benzene rings is 3.